The molecule has 0 saturated heterocycles. The van der Waals surface area contributed by atoms with Gasteiger partial charge in [-0.25, -0.2) is 0 Å². The standard InChI is InChI=1S/C8H16N2O/c1-2-8(11)10-7(5-9)6-3-4-6/h6-7H,2-5,9H2,1H3,(H,10,11). The van der Waals surface area contributed by atoms with Gasteiger partial charge < -0.3 is 11.1 Å². The highest BCUT2D eigenvalue weighted by Crippen LogP contribution is 2.32. The molecule has 3 heteroatoms. The zero-order valence-corrected chi connectivity index (χ0v) is 6.97. The molecule has 0 aromatic rings. The molecule has 1 saturated carbocycles. The Balaban J connectivity index is 2.25. The maximum atomic E-state index is 10.9. The molecule has 1 fully saturated rings. The van der Waals surface area contributed by atoms with E-state index >= 15 is 0 Å². The molecule has 1 aliphatic carbocycles. The summed E-state index contributed by atoms with van der Waals surface area (Å²) in [5, 5.41) is 2.91. The Morgan fingerprint density at radius 2 is 2.36 bits per heavy atom. The van der Waals surface area contributed by atoms with E-state index in [4.69, 9.17) is 5.73 Å². The summed E-state index contributed by atoms with van der Waals surface area (Å²) in [5.74, 6) is 0.780. The summed E-state index contributed by atoms with van der Waals surface area (Å²) < 4.78 is 0. The first kappa shape index (κ1) is 8.53. The van der Waals surface area contributed by atoms with Crippen molar-refractivity contribution in [3.05, 3.63) is 0 Å². The summed E-state index contributed by atoms with van der Waals surface area (Å²) in [7, 11) is 0. The van der Waals surface area contributed by atoms with Crippen molar-refractivity contribution >= 4 is 5.91 Å². The Morgan fingerprint density at radius 3 is 2.73 bits per heavy atom. The van der Waals surface area contributed by atoms with Crippen LogP contribution in [0.15, 0.2) is 0 Å². The Labute approximate surface area is 67.3 Å². The molecule has 0 heterocycles. The number of carbonyl (C=O) groups is 1. The molecule has 0 spiro atoms. The molecule has 3 N–H and O–H groups in total. The number of hydrogen-bond donors (Lipinski definition) is 2. The molecule has 0 radical (unpaired) electrons. The van der Waals surface area contributed by atoms with Crippen molar-refractivity contribution in [2.45, 2.75) is 32.2 Å². The normalized spacial score (nSPS) is 19.5. The zero-order valence-electron chi connectivity index (χ0n) is 6.97. The summed E-state index contributed by atoms with van der Waals surface area (Å²) in [4.78, 5) is 10.9. The lowest BCUT2D eigenvalue weighted by Crippen LogP contribution is -2.41. The Kier molecular flexibility index (Phi) is 2.88. The zero-order chi connectivity index (χ0) is 8.27. The second kappa shape index (κ2) is 3.72. The molecule has 1 unspecified atom stereocenters. The van der Waals surface area contributed by atoms with Crippen LogP contribution in [0, 0.1) is 5.92 Å². The van der Waals surface area contributed by atoms with Gasteiger partial charge in [-0.15, -0.1) is 0 Å². The fraction of sp³-hybridized carbons (Fsp3) is 0.875. The highest BCUT2D eigenvalue weighted by molar-refractivity contribution is 5.75. The van der Waals surface area contributed by atoms with Gasteiger partial charge in [-0.05, 0) is 18.8 Å². The summed E-state index contributed by atoms with van der Waals surface area (Å²) >= 11 is 0. The molecule has 0 aliphatic heterocycles. The quantitative estimate of drug-likeness (QED) is 0.613. The summed E-state index contributed by atoms with van der Waals surface area (Å²) in [6.45, 7) is 2.44. The minimum atomic E-state index is 0.118. The van der Waals surface area contributed by atoms with E-state index in [0.717, 1.165) is 0 Å². The number of nitrogens with one attached hydrogen (secondary N) is 1. The second-order valence-corrected chi connectivity index (χ2v) is 3.10. The first-order valence-electron chi connectivity index (χ1n) is 4.27. The first-order chi connectivity index (χ1) is 5.27. The van der Waals surface area contributed by atoms with Crippen LogP contribution in [0.25, 0.3) is 0 Å². The SMILES string of the molecule is CCC(=O)NC(CN)C1CC1. The van der Waals surface area contributed by atoms with Crippen LogP contribution in [0.1, 0.15) is 26.2 Å². The van der Waals surface area contributed by atoms with E-state index in [-0.39, 0.29) is 11.9 Å². The lowest BCUT2D eigenvalue weighted by molar-refractivity contribution is -0.121. The van der Waals surface area contributed by atoms with Crippen molar-refractivity contribution in [3.8, 4) is 0 Å². The monoisotopic (exact) mass is 156 g/mol. The molecular weight excluding hydrogens is 140 g/mol. The van der Waals surface area contributed by atoms with Crippen LogP contribution >= 0.6 is 0 Å². The van der Waals surface area contributed by atoms with Crippen molar-refractivity contribution < 1.29 is 4.79 Å². The number of nitrogens with two attached hydrogens (primary N) is 1. The smallest absolute Gasteiger partial charge is 0.219 e. The van der Waals surface area contributed by atoms with Gasteiger partial charge in [0.25, 0.3) is 0 Å². The van der Waals surface area contributed by atoms with Gasteiger partial charge in [0.2, 0.25) is 5.91 Å². The number of hydrogen-bond acceptors (Lipinski definition) is 2. The third-order valence-electron chi connectivity index (χ3n) is 2.11. The van der Waals surface area contributed by atoms with E-state index in [0.29, 0.717) is 18.9 Å². The van der Waals surface area contributed by atoms with Gasteiger partial charge in [-0.1, -0.05) is 6.92 Å². The highest BCUT2D eigenvalue weighted by atomic mass is 16.1. The molecule has 1 aliphatic rings. The van der Waals surface area contributed by atoms with Crippen LogP contribution < -0.4 is 11.1 Å². The van der Waals surface area contributed by atoms with Gasteiger partial charge in [-0.2, -0.15) is 0 Å². The fourth-order valence-electron chi connectivity index (χ4n) is 1.18. The van der Waals surface area contributed by atoms with E-state index in [1.54, 1.807) is 0 Å². The van der Waals surface area contributed by atoms with Crippen LogP contribution in [-0.4, -0.2) is 18.5 Å². The van der Waals surface area contributed by atoms with Gasteiger partial charge in [0.1, 0.15) is 0 Å². The van der Waals surface area contributed by atoms with E-state index in [9.17, 15) is 4.79 Å². The van der Waals surface area contributed by atoms with Crippen molar-refractivity contribution in [2.24, 2.45) is 11.7 Å². The van der Waals surface area contributed by atoms with Crippen molar-refractivity contribution in [2.75, 3.05) is 6.54 Å². The minimum Gasteiger partial charge on any atom is -0.352 e. The predicted octanol–water partition coefficient (Wildman–Crippen LogP) is 0.250. The lowest BCUT2D eigenvalue weighted by Gasteiger charge is -2.14. The largest absolute Gasteiger partial charge is 0.352 e. The predicted molar refractivity (Wildman–Crippen MR) is 44.0 cm³/mol. The molecule has 0 aromatic heterocycles. The van der Waals surface area contributed by atoms with Crippen LogP contribution in [0.3, 0.4) is 0 Å². The van der Waals surface area contributed by atoms with Crippen LogP contribution in [0.4, 0.5) is 0 Å². The fourth-order valence-corrected chi connectivity index (χ4v) is 1.18. The topological polar surface area (TPSA) is 55.1 Å². The van der Waals surface area contributed by atoms with Gasteiger partial charge in [0, 0.05) is 19.0 Å². The molecular formula is C8H16N2O. The van der Waals surface area contributed by atoms with Crippen molar-refractivity contribution in [3.63, 3.8) is 0 Å². The molecule has 1 atom stereocenters. The van der Waals surface area contributed by atoms with Gasteiger partial charge in [-0.3, -0.25) is 4.79 Å². The number of carbonyl (C=O) groups excluding carboxylic acids is 1. The molecule has 64 valence electrons. The Morgan fingerprint density at radius 1 is 1.73 bits per heavy atom. The average molecular weight is 156 g/mol. The maximum absolute atomic E-state index is 10.9. The van der Waals surface area contributed by atoms with Crippen LogP contribution in [-0.2, 0) is 4.79 Å². The molecule has 0 bridgehead atoms. The number of rotatable bonds is 4. The van der Waals surface area contributed by atoms with Crippen molar-refractivity contribution in [1.82, 2.24) is 5.32 Å². The molecule has 1 rings (SSSR count). The summed E-state index contributed by atoms with van der Waals surface area (Å²) in [5.41, 5.74) is 5.50. The minimum absolute atomic E-state index is 0.118. The second-order valence-electron chi connectivity index (χ2n) is 3.10. The summed E-state index contributed by atoms with van der Waals surface area (Å²) in [6, 6.07) is 0.238. The molecule has 11 heavy (non-hydrogen) atoms. The maximum Gasteiger partial charge on any atom is 0.219 e. The Hall–Kier alpha value is -0.570. The third-order valence-corrected chi connectivity index (χ3v) is 2.11. The molecule has 3 nitrogen and oxygen atoms in total. The van der Waals surface area contributed by atoms with Gasteiger partial charge in [0.05, 0.1) is 0 Å². The Bertz CT molecular complexity index is 143. The van der Waals surface area contributed by atoms with Crippen LogP contribution in [0.5, 0.6) is 0 Å². The first-order valence-corrected chi connectivity index (χ1v) is 4.27. The van der Waals surface area contributed by atoms with Gasteiger partial charge in [0.15, 0.2) is 0 Å². The van der Waals surface area contributed by atoms with Crippen molar-refractivity contribution in [1.29, 1.82) is 0 Å². The van der Waals surface area contributed by atoms with Gasteiger partial charge >= 0.3 is 0 Å². The van der Waals surface area contributed by atoms with E-state index in [1.807, 2.05) is 6.92 Å². The van der Waals surface area contributed by atoms with E-state index in [1.165, 1.54) is 12.8 Å². The lowest BCUT2D eigenvalue weighted by atomic mass is 10.2. The third kappa shape index (κ3) is 2.50. The molecule has 0 aromatic carbocycles. The highest BCUT2D eigenvalue weighted by Gasteiger charge is 2.30. The number of amides is 1. The van der Waals surface area contributed by atoms with E-state index < -0.39 is 0 Å². The summed E-state index contributed by atoms with van der Waals surface area (Å²) in [6.07, 6.45) is 3.01. The van der Waals surface area contributed by atoms with E-state index in [2.05, 4.69) is 5.32 Å². The molecule has 1 amide bonds. The van der Waals surface area contributed by atoms with Crippen LogP contribution in [0.2, 0.25) is 0 Å². The average Bonchev–Trinajstić information content (AvgIpc) is 2.82.